The van der Waals surface area contributed by atoms with Crippen LogP contribution in [0.3, 0.4) is 0 Å². The number of nitrogens with one attached hydrogen (secondary N) is 2. The van der Waals surface area contributed by atoms with E-state index in [4.69, 9.17) is 9.57 Å². The van der Waals surface area contributed by atoms with E-state index in [0.29, 0.717) is 11.1 Å². The molecule has 0 spiro atoms. The summed E-state index contributed by atoms with van der Waals surface area (Å²) >= 11 is 0.275. The molecule has 4 aliphatic rings. The lowest BCUT2D eigenvalue weighted by atomic mass is 9.78. The van der Waals surface area contributed by atoms with Crippen LogP contribution < -0.4 is 30.9 Å². The minimum absolute atomic E-state index is 0.0125. The summed E-state index contributed by atoms with van der Waals surface area (Å²) in [5.74, 6) is -3.95. The average Bonchev–Trinajstić information content (AvgIpc) is 3.57. The quantitative estimate of drug-likeness (QED) is 0.0741. The Hall–Kier alpha value is -4.41. The number of carbonyl (C=O) groups is 3. The smallest absolute Gasteiger partial charge is 0.363 e. The molecule has 1 saturated heterocycles. The molecule has 20 heteroatoms. The zero-order chi connectivity index (χ0) is 39.4. The summed E-state index contributed by atoms with van der Waals surface area (Å²) in [4.78, 5) is 44.7. The summed E-state index contributed by atoms with van der Waals surface area (Å²) in [7, 11) is -10.7. The van der Waals surface area contributed by atoms with Crippen LogP contribution in [-0.4, -0.2) is 66.1 Å². The first-order valence-corrected chi connectivity index (χ1v) is 20.0. The third kappa shape index (κ3) is 5.79. The molecule has 4 aliphatic heterocycles. The summed E-state index contributed by atoms with van der Waals surface area (Å²) in [5, 5.41) is 15.6. The van der Waals surface area contributed by atoms with Crippen molar-refractivity contribution in [3.05, 3.63) is 74.8 Å². The van der Waals surface area contributed by atoms with Gasteiger partial charge in [0.1, 0.15) is 30.4 Å². The molecule has 2 amide bonds. The van der Waals surface area contributed by atoms with Crippen LogP contribution in [0.2, 0.25) is 0 Å². The lowest BCUT2D eigenvalue weighted by molar-refractivity contribution is -0.777. The van der Waals surface area contributed by atoms with Gasteiger partial charge in [0, 0.05) is 45.4 Å². The number of amides is 2. The van der Waals surface area contributed by atoms with Gasteiger partial charge in [-0.3, -0.25) is 14.6 Å². The van der Waals surface area contributed by atoms with E-state index in [1.54, 1.807) is 26.0 Å². The summed E-state index contributed by atoms with van der Waals surface area (Å²) in [5.41, 5.74) is -0.117. The highest BCUT2D eigenvalue weighted by Gasteiger charge is 2.46. The molecule has 3 aromatic rings. The predicted octanol–water partition coefficient (Wildman–Crippen LogP) is -0.610. The fourth-order valence-corrected chi connectivity index (χ4v) is 9.29. The monoisotopic (exact) mass is 801 g/mol. The minimum atomic E-state index is -5.33. The van der Waals surface area contributed by atoms with Crippen molar-refractivity contribution in [2.75, 3.05) is 5.32 Å². The number of anilines is 1. The van der Waals surface area contributed by atoms with E-state index in [9.17, 15) is 45.6 Å². The van der Waals surface area contributed by atoms with Gasteiger partial charge < -0.3 is 29.3 Å². The van der Waals surface area contributed by atoms with E-state index in [1.807, 2.05) is 27.7 Å². The molecule has 17 nitrogen and oxygen atoms in total. The lowest BCUT2D eigenvalue weighted by Gasteiger charge is -2.29. The van der Waals surface area contributed by atoms with Crippen molar-refractivity contribution in [3.63, 3.8) is 0 Å². The van der Waals surface area contributed by atoms with Crippen LogP contribution >= 0.6 is 12.0 Å². The normalized spacial score (nSPS) is 22.1. The topological polar surface area (TPSA) is 255 Å². The number of hydrogen-bond acceptors (Lipinski definition) is 16. The summed E-state index contributed by atoms with van der Waals surface area (Å²) in [6.45, 7) is 11.0. The molecular weight excluding hydrogens is 771 g/mol. The average molecular weight is 802 g/mol. The van der Waals surface area contributed by atoms with E-state index >= 15 is 0 Å². The standard InChI is InChI=1S/C34H33N3O14S3/c1-14-33(3,4)20-11-18-24(16-7-9-17(10-8-16)32(40)49-37-23(38)13-22(31(37)39)52-51-50-41)19-12-21-26(36-15(2)34(21,5)6)30(54(45,46)47)28(19)48-27(18)29(25(20)35-14)53(42,43)44/h7-12,14-15,22,35,41H,13H2,1-6H3,(H,42,43,44)(H,45,46,47)/p-2. The van der Waals surface area contributed by atoms with E-state index in [-0.39, 0.29) is 67.7 Å². The van der Waals surface area contributed by atoms with E-state index in [1.165, 1.54) is 24.3 Å². The molecule has 3 unspecified atom stereocenters. The second-order valence-corrected chi connectivity index (χ2v) is 18.0. The molecule has 286 valence electrons. The van der Waals surface area contributed by atoms with Crippen LogP contribution in [0.4, 0.5) is 5.69 Å². The van der Waals surface area contributed by atoms with Crippen LogP contribution in [0, 0.1) is 0 Å². The Kier molecular flexibility index (Phi) is 8.81. The van der Waals surface area contributed by atoms with Gasteiger partial charge in [0.2, 0.25) is 5.36 Å². The van der Waals surface area contributed by atoms with Gasteiger partial charge in [0.25, 0.3) is 11.8 Å². The Morgan fingerprint density at radius 3 is 2.22 bits per heavy atom. The lowest BCUT2D eigenvalue weighted by Crippen LogP contribution is -2.81. The van der Waals surface area contributed by atoms with Gasteiger partial charge in [-0.15, -0.1) is 5.06 Å². The van der Waals surface area contributed by atoms with Crippen LogP contribution in [0.5, 0.6) is 11.5 Å². The molecular formula is C34H31N3O14S3-2. The summed E-state index contributed by atoms with van der Waals surface area (Å²) < 4.78 is 88.9. The third-order valence-electron chi connectivity index (χ3n) is 10.8. The zero-order valence-corrected chi connectivity index (χ0v) is 31.7. The molecule has 1 fully saturated rings. The summed E-state index contributed by atoms with van der Waals surface area (Å²) in [6.07, 6.45) is -0.440. The van der Waals surface area contributed by atoms with Gasteiger partial charge in [-0.25, -0.2) is 26.6 Å². The number of imide groups is 1. The van der Waals surface area contributed by atoms with Crippen LogP contribution in [0.25, 0.3) is 5.57 Å². The molecule has 0 radical (unpaired) electrons. The van der Waals surface area contributed by atoms with Gasteiger partial charge in [0.15, 0.2) is 22.4 Å². The van der Waals surface area contributed by atoms with Crippen LogP contribution in [0.15, 0.2) is 46.2 Å². The first kappa shape index (κ1) is 37.9. The Labute approximate surface area is 312 Å². The van der Waals surface area contributed by atoms with Gasteiger partial charge >= 0.3 is 5.97 Å². The molecule has 3 atom stereocenters. The second kappa shape index (κ2) is 12.6. The maximum atomic E-state index is 13.1. The Balaban J connectivity index is 1.47. The fourth-order valence-electron chi connectivity index (χ4n) is 7.18. The van der Waals surface area contributed by atoms with Crippen LogP contribution in [-0.2, 0) is 54.9 Å². The predicted molar refractivity (Wildman–Crippen MR) is 180 cm³/mol. The van der Waals surface area contributed by atoms with Crippen molar-refractivity contribution in [1.29, 1.82) is 0 Å². The highest BCUT2D eigenvalue weighted by molar-refractivity contribution is 7.96. The van der Waals surface area contributed by atoms with Crippen molar-refractivity contribution < 1.29 is 69.5 Å². The van der Waals surface area contributed by atoms with Crippen LogP contribution in [0.1, 0.15) is 80.6 Å². The fraction of sp³-hybridized carbons (Fsp3) is 0.353. The van der Waals surface area contributed by atoms with Crippen molar-refractivity contribution in [2.45, 2.75) is 85.9 Å². The first-order chi connectivity index (χ1) is 25.1. The molecule has 54 heavy (non-hydrogen) atoms. The Morgan fingerprint density at radius 1 is 0.963 bits per heavy atom. The minimum Gasteiger partial charge on any atom is -0.744 e. The van der Waals surface area contributed by atoms with E-state index in [2.05, 4.69) is 19.7 Å². The molecule has 0 saturated carbocycles. The SMILES string of the molecule is CC1Nc2c(cc3c(c2S(=O)(=O)[O-])Oc2c(S(=O)(=O)[O-])c4c(cc2=C3c2ccc(C(=O)ON3C(=O)CC(SOO[O-])C3=O)cc2)C(C)(C)C(C)[NH+]=4)C1(C)C. The highest BCUT2D eigenvalue weighted by Crippen LogP contribution is 2.52. The number of rotatable bonds is 8. The first-order valence-electron chi connectivity index (χ1n) is 16.3. The molecule has 2 N–H and O–H groups in total. The van der Waals surface area contributed by atoms with Gasteiger partial charge in [-0.05, 0) is 63.1 Å². The number of nitrogens with zero attached hydrogens (tertiary/aromatic N) is 1. The molecule has 0 aliphatic carbocycles. The third-order valence-corrected chi connectivity index (χ3v) is 13.3. The number of ether oxygens (including phenoxy) is 1. The van der Waals surface area contributed by atoms with E-state index < -0.39 is 81.8 Å². The zero-order valence-electron chi connectivity index (χ0n) is 29.3. The molecule has 3 aromatic carbocycles. The van der Waals surface area contributed by atoms with Gasteiger partial charge in [-0.1, -0.05) is 26.0 Å². The van der Waals surface area contributed by atoms with Crippen molar-refractivity contribution >= 4 is 61.3 Å². The maximum absolute atomic E-state index is 13.1. The second-order valence-electron chi connectivity index (χ2n) is 14.5. The van der Waals surface area contributed by atoms with E-state index in [0.717, 1.165) is 0 Å². The maximum Gasteiger partial charge on any atom is 0.363 e. The number of hydrogen-bond donors (Lipinski definition) is 2. The van der Waals surface area contributed by atoms with Crippen molar-refractivity contribution in [2.24, 2.45) is 0 Å². The molecule has 4 heterocycles. The number of benzene rings is 3. The Morgan fingerprint density at radius 2 is 1.61 bits per heavy atom. The molecule has 7 rings (SSSR count). The molecule has 0 aromatic heterocycles. The Bertz CT molecular complexity index is 2550. The number of carbonyl (C=O) groups excluding carboxylic acids is 3. The van der Waals surface area contributed by atoms with Crippen molar-refractivity contribution in [3.8, 4) is 11.5 Å². The molecule has 0 bridgehead atoms. The highest BCUT2D eigenvalue weighted by atomic mass is 32.2. The summed E-state index contributed by atoms with van der Waals surface area (Å²) in [6, 6.07) is 7.99. The van der Waals surface area contributed by atoms with Gasteiger partial charge in [0.05, 0.1) is 23.1 Å². The van der Waals surface area contributed by atoms with Gasteiger partial charge in [-0.2, -0.15) is 4.33 Å². The number of fused-ring (bicyclic) bond motifs is 4. The van der Waals surface area contributed by atoms with Crippen molar-refractivity contribution in [1.82, 2.24) is 5.06 Å². The largest absolute Gasteiger partial charge is 0.744 e. The number of hydroxylamine groups is 2.